The molecule has 1 aromatic carbocycles. The van der Waals surface area contributed by atoms with Crippen LogP contribution in [0.25, 0.3) is 0 Å². The fourth-order valence-corrected chi connectivity index (χ4v) is 2.76. The van der Waals surface area contributed by atoms with Crippen LogP contribution in [0.2, 0.25) is 0 Å². The Morgan fingerprint density at radius 1 is 1.50 bits per heavy atom. The van der Waals surface area contributed by atoms with Gasteiger partial charge in [0.25, 0.3) is 0 Å². The van der Waals surface area contributed by atoms with Gasteiger partial charge in [0, 0.05) is 5.38 Å². The summed E-state index contributed by atoms with van der Waals surface area (Å²) in [4.78, 5) is 15.3. The van der Waals surface area contributed by atoms with Crippen LogP contribution in [0.15, 0.2) is 22.0 Å². The average molecular weight is 358 g/mol. The number of hydrogen-bond donors (Lipinski definition) is 1. The van der Waals surface area contributed by atoms with E-state index in [-0.39, 0.29) is 5.56 Å². The van der Waals surface area contributed by atoms with Crippen molar-refractivity contribution in [2.75, 3.05) is 7.11 Å². The fourth-order valence-electron chi connectivity index (χ4n) is 1.60. The summed E-state index contributed by atoms with van der Waals surface area (Å²) in [6.45, 7) is 2.22. The Bertz CT molecular complexity index is 641. The fraction of sp³-hybridized carbons (Fsp3) is 0.231. The van der Waals surface area contributed by atoms with Crippen molar-refractivity contribution in [1.29, 1.82) is 0 Å². The third kappa shape index (κ3) is 3.29. The lowest BCUT2D eigenvalue weighted by atomic mass is 10.2. The summed E-state index contributed by atoms with van der Waals surface area (Å²) in [6, 6.07) is 2.90. The maximum Gasteiger partial charge on any atom is 0.335 e. The molecule has 0 saturated heterocycles. The van der Waals surface area contributed by atoms with Gasteiger partial charge in [0.15, 0.2) is 11.5 Å². The first kappa shape index (κ1) is 14.8. The number of thiazole rings is 1. The number of carbonyl (C=O) groups is 1. The molecular weight excluding hydrogens is 346 g/mol. The van der Waals surface area contributed by atoms with E-state index in [2.05, 4.69) is 20.9 Å². The smallest absolute Gasteiger partial charge is 0.335 e. The van der Waals surface area contributed by atoms with Crippen molar-refractivity contribution in [3.8, 4) is 11.5 Å². The number of benzene rings is 1. The molecule has 106 valence electrons. The van der Waals surface area contributed by atoms with Gasteiger partial charge in [-0.15, -0.1) is 11.3 Å². The number of rotatable bonds is 5. The van der Waals surface area contributed by atoms with Crippen LogP contribution in [0.3, 0.4) is 0 Å². The molecule has 0 radical (unpaired) electrons. The second-order valence-corrected chi connectivity index (χ2v) is 5.86. The van der Waals surface area contributed by atoms with Gasteiger partial charge in [0.05, 0.1) is 27.8 Å². The van der Waals surface area contributed by atoms with E-state index in [4.69, 9.17) is 14.6 Å². The van der Waals surface area contributed by atoms with Crippen molar-refractivity contribution in [1.82, 2.24) is 4.98 Å². The van der Waals surface area contributed by atoms with Gasteiger partial charge in [0.1, 0.15) is 6.61 Å². The number of aromatic nitrogens is 1. The van der Waals surface area contributed by atoms with Gasteiger partial charge in [-0.2, -0.15) is 0 Å². The zero-order chi connectivity index (χ0) is 14.7. The van der Waals surface area contributed by atoms with Gasteiger partial charge in [-0.1, -0.05) is 0 Å². The molecular formula is C13H12BrNO4S. The van der Waals surface area contributed by atoms with Crippen LogP contribution in [0.1, 0.15) is 21.1 Å². The largest absolute Gasteiger partial charge is 0.493 e. The Labute approximate surface area is 128 Å². The molecule has 0 atom stereocenters. The van der Waals surface area contributed by atoms with E-state index in [0.717, 1.165) is 10.7 Å². The Morgan fingerprint density at radius 2 is 2.25 bits per heavy atom. The van der Waals surface area contributed by atoms with Gasteiger partial charge in [-0.05, 0) is 35.0 Å². The summed E-state index contributed by atoms with van der Waals surface area (Å²) in [7, 11) is 1.47. The average Bonchev–Trinajstić information content (AvgIpc) is 2.82. The van der Waals surface area contributed by atoms with Crippen molar-refractivity contribution >= 4 is 33.2 Å². The Morgan fingerprint density at radius 3 is 2.80 bits per heavy atom. The van der Waals surface area contributed by atoms with Crippen LogP contribution in [-0.4, -0.2) is 23.2 Å². The van der Waals surface area contributed by atoms with E-state index < -0.39 is 5.97 Å². The molecule has 2 rings (SSSR count). The predicted octanol–water partition coefficient (Wildman–Crippen LogP) is 3.50. The molecule has 0 bridgehead atoms. The summed E-state index contributed by atoms with van der Waals surface area (Å²) in [5, 5.41) is 11.9. The molecule has 5 nitrogen and oxygen atoms in total. The maximum absolute atomic E-state index is 11.0. The second-order valence-electron chi connectivity index (χ2n) is 3.94. The van der Waals surface area contributed by atoms with Crippen molar-refractivity contribution in [2.24, 2.45) is 0 Å². The lowest BCUT2D eigenvalue weighted by Crippen LogP contribution is -2.02. The van der Waals surface area contributed by atoms with Crippen LogP contribution in [0, 0.1) is 6.92 Å². The minimum Gasteiger partial charge on any atom is -0.493 e. The maximum atomic E-state index is 11.0. The molecule has 0 amide bonds. The first-order chi connectivity index (χ1) is 9.51. The SMILES string of the molecule is COc1cc(C(=O)O)cc(Br)c1OCc1csc(C)n1. The van der Waals surface area contributed by atoms with E-state index in [1.807, 2.05) is 12.3 Å². The number of nitrogens with zero attached hydrogens (tertiary/aromatic N) is 1. The highest BCUT2D eigenvalue weighted by molar-refractivity contribution is 9.10. The predicted molar refractivity (Wildman–Crippen MR) is 78.8 cm³/mol. The second kappa shape index (κ2) is 6.23. The third-order valence-electron chi connectivity index (χ3n) is 2.51. The normalized spacial score (nSPS) is 10.3. The molecule has 0 spiro atoms. The van der Waals surface area contributed by atoms with Crippen LogP contribution in [0.5, 0.6) is 11.5 Å². The molecule has 0 aliphatic rings. The number of carboxylic acids is 1. The molecule has 0 fully saturated rings. The quantitative estimate of drug-likeness (QED) is 0.886. The number of aromatic carboxylic acids is 1. The van der Waals surface area contributed by atoms with E-state index in [0.29, 0.717) is 22.6 Å². The zero-order valence-electron chi connectivity index (χ0n) is 10.8. The van der Waals surface area contributed by atoms with Gasteiger partial charge >= 0.3 is 5.97 Å². The number of ether oxygens (including phenoxy) is 2. The van der Waals surface area contributed by atoms with Crippen LogP contribution < -0.4 is 9.47 Å². The molecule has 2 aromatic rings. The standard InChI is InChI=1S/C13H12BrNO4S/c1-7-15-9(6-20-7)5-19-12-10(14)3-8(13(16)17)4-11(12)18-2/h3-4,6H,5H2,1-2H3,(H,16,17). The van der Waals surface area contributed by atoms with Gasteiger partial charge in [-0.3, -0.25) is 0 Å². The molecule has 1 heterocycles. The first-order valence-electron chi connectivity index (χ1n) is 5.66. The van der Waals surface area contributed by atoms with Gasteiger partial charge in [-0.25, -0.2) is 9.78 Å². The highest BCUT2D eigenvalue weighted by atomic mass is 79.9. The minimum atomic E-state index is -1.02. The van der Waals surface area contributed by atoms with E-state index in [1.54, 1.807) is 11.3 Å². The van der Waals surface area contributed by atoms with E-state index in [9.17, 15) is 4.79 Å². The highest BCUT2D eigenvalue weighted by Gasteiger charge is 2.15. The zero-order valence-corrected chi connectivity index (χ0v) is 13.2. The number of methoxy groups -OCH3 is 1. The van der Waals surface area contributed by atoms with Crippen LogP contribution in [0.4, 0.5) is 0 Å². The van der Waals surface area contributed by atoms with Crippen molar-refractivity contribution in [3.63, 3.8) is 0 Å². The van der Waals surface area contributed by atoms with Gasteiger partial charge in [0.2, 0.25) is 0 Å². The number of hydrogen-bond acceptors (Lipinski definition) is 5. The van der Waals surface area contributed by atoms with E-state index in [1.165, 1.54) is 19.2 Å². The number of aryl methyl sites for hydroxylation is 1. The third-order valence-corrected chi connectivity index (χ3v) is 3.92. The molecule has 0 saturated carbocycles. The lowest BCUT2D eigenvalue weighted by Gasteiger charge is -2.12. The Hall–Kier alpha value is -1.60. The van der Waals surface area contributed by atoms with Gasteiger partial charge < -0.3 is 14.6 Å². The molecule has 1 aromatic heterocycles. The van der Waals surface area contributed by atoms with E-state index >= 15 is 0 Å². The summed E-state index contributed by atoms with van der Waals surface area (Å²) in [6.07, 6.45) is 0. The first-order valence-corrected chi connectivity index (χ1v) is 7.33. The summed E-state index contributed by atoms with van der Waals surface area (Å²) in [5.74, 6) is -0.197. The molecule has 0 aliphatic heterocycles. The van der Waals surface area contributed by atoms with Crippen molar-refractivity contribution < 1.29 is 19.4 Å². The summed E-state index contributed by atoms with van der Waals surface area (Å²) < 4.78 is 11.4. The molecule has 7 heteroatoms. The molecule has 0 aliphatic carbocycles. The highest BCUT2D eigenvalue weighted by Crippen LogP contribution is 2.37. The minimum absolute atomic E-state index is 0.130. The molecule has 20 heavy (non-hydrogen) atoms. The lowest BCUT2D eigenvalue weighted by molar-refractivity contribution is 0.0696. The van der Waals surface area contributed by atoms with Crippen molar-refractivity contribution in [2.45, 2.75) is 13.5 Å². The van der Waals surface area contributed by atoms with Crippen molar-refractivity contribution in [3.05, 3.63) is 38.3 Å². The summed E-state index contributed by atoms with van der Waals surface area (Å²) >= 11 is 4.85. The van der Waals surface area contributed by atoms with Crippen LogP contribution >= 0.6 is 27.3 Å². The number of carboxylic acid groups (broad SMARTS) is 1. The topological polar surface area (TPSA) is 68.7 Å². The molecule has 0 unspecified atom stereocenters. The Balaban J connectivity index is 2.24. The Kier molecular flexibility index (Phi) is 4.61. The monoisotopic (exact) mass is 357 g/mol. The molecule has 1 N–H and O–H groups in total. The number of halogens is 1. The van der Waals surface area contributed by atoms with Crippen LogP contribution in [-0.2, 0) is 6.61 Å². The summed E-state index contributed by atoms with van der Waals surface area (Å²) in [5.41, 5.74) is 0.953.